The molecule has 27 heavy (non-hydrogen) atoms. The first-order valence-corrected chi connectivity index (χ1v) is 11.1. The van der Waals surface area contributed by atoms with Gasteiger partial charge in [-0.2, -0.15) is 0 Å². The molecule has 7 nitrogen and oxygen atoms in total. The lowest BCUT2D eigenvalue weighted by atomic mass is 10.1. The number of esters is 1. The molecule has 1 aliphatic heterocycles. The summed E-state index contributed by atoms with van der Waals surface area (Å²) in [6, 6.07) is 5.55. The largest absolute Gasteiger partial charge is 0.493 e. The molecule has 0 aliphatic carbocycles. The maximum absolute atomic E-state index is 12.0. The molecule has 9 heteroatoms. The van der Waals surface area contributed by atoms with Crippen LogP contribution >= 0.6 is 11.3 Å². The summed E-state index contributed by atoms with van der Waals surface area (Å²) in [5, 5.41) is 2.56. The van der Waals surface area contributed by atoms with Crippen molar-refractivity contribution < 1.29 is 27.4 Å². The zero-order valence-electron chi connectivity index (χ0n) is 15.1. The van der Waals surface area contributed by atoms with Crippen molar-refractivity contribution in [2.45, 2.75) is 19.4 Å². The van der Waals surface area contributed by atoms with E-state index in [0.717, 1.165) is 10.6 Å². The van der Waals surface area contributed by atoms with Gasteiger partial charge in [-0.3, -0.25) is 4.79 Å². The van der Waals surface area contributed by atoms with Crippen molar-refractivity contribution >= 4 is 27.1 Å². The SMILES string of the molecule is COc1cccc(-c2nc(COC(=O)C[C@@H]3CCS(=O)(=O)C3)cs2)c1OC. The molecule has 3 rings (SSSR count). The predicted octanol–water partition coefficient (Wildman–Crippen LogP) is 2.70. The quantitative estimate of drug-likeness (QED) is 0.647. The maximum Gasteiger partial charge on any atom is 0.306 e. The highest BCUT2D eigenvalue weighted by Gasteiger charge is 2.29. The highest BCUT2D eigenvalue weighted by Crippen LogP contribution is 2.39. The first-order valence-electron chi connectivity index (χ1n) is 8.43. The Kier molecular flexibility index (Phi) is 6.01. The number of thiazole rings is 1. The van der Waals surface area contributed by atoms with Crippen LogP contribution in [0.4, 0.5) is 0 Å². The fourth-order valence-corrected chi connectivity index (χ4v) is 5.72. The average molecular weight is 412 g/mol. The summed E-state index contributed by atoms with van der Waals surface area (Å²) in [5.41, 5.74) is 1.43. The molecule has 1 aromatic carbocycles. The number of methoxy groups -OCH3 is 2. The molecule has 1 aromatic heterocycles. The van der Waals surface area contributed by atoms with Gasteiger partial charge in [0.15, 0.2) is 21.3 Å². The summed E-state index contributed by atoms with van der Waals surface area (Å²) in [6.45, 7) is 0.0566. The van der Waals surface area contributed by atoms with Gasteiger partial charge in [0.1, 0.15) is 11.6 Å². The molecule has 0 N–H and O–H groups in total. The summed E-state index contributed by atoms with van der Waals surface area (Å²) < 4.78 is 38.9. The number of sulfone groups is 1. The lowest BCUT2D eigenvalue weighted by Gasteiger charge is -2.10. The van der Waals surface area contributed by atoms with Crippen LogP contribution in [-0.4, -0.2) is 45.1 Å². The van der Waals surface area contributed by atoms with E-state index in [2.05, 4.69) is 4.98 Å². The smallest absolute Gasteiger partial charge is 0.306 e. The minimum atomic E-state index is -2.99. The molecule has 0 amide bonds. The van der Waals surface area contributed by atoms with Gasteiger partial charge in [-0.05, 0) is 24.5 Å². The third-order valence-electron chi connectivity index (χ3n) is 4.35. The van der Waals surface area contributed by atoms with Crippen LogP contribution in [0.15, 0.2) is 23.6 Å². The van der Waals surface area contributed by atoms with Gasteiger partial charge < -0.3 is 14.2 Å². The molecular weight excluding hydrogens is 390 g/mol. The molecule has 2 aromatic rings. The number of ether oxygens (including phenoxy) is 3. The summed E-state index contributed by atoms with van der Waals surface area (Å²) in [6.07, 6.45) is 0.647. The number of nitrogens with zero attached hydrogens (tertiary/aromatic N) is 1. The van der Waals surface area contributed by atoms with Crippen LogP contribution < -0.4 is 9.47 Å². The van der Waals surface area contributed by atoms with E-state index in [-0.39, 0.29) is 30.5 Å². The monoisotopic (exact) mass is 411 g/mol. The molecular formula is C18H21NO6S2. The standard InChI is InChI=1S/C18H21NO6S2/c1-23-15-5-3-4-14(17(15)24-2)18-19-13(10-26-18)9-25-16(20)8-12-6-7-27(21,22)11-12/h3-5,10,12H,6-9,11H2,1-2H3/t12-/m0/s1. The number of hydrogen-bond acceptors (Lipinski definition) is 8. The molecule has 0 bridgehead atoms. The Labute approximate surface area is 162 Å². The Morgan fingerprint density at radius 3 is 2.78 bits per heavy atom. The third-order valence-corrected chi connectivity index (χ3v) is 7.11. The molecule has 1 aliphatic rings. The molecule has 1 atom stereocenters. The van der Waals surface area contributed by atoms with Crippen molar-refractivity contribution in [3.05, 3.63) is 29.3 Å². The second-order valence-corrected chi connectivity index (χ2v) is 9.41. The molecule has 146 valence electrons. The van der Waals surface area contributed by atoms with E-state index in [4.69, 9.17) is 14.2 Å². The Balaban J connectivity index is 1.61. The highest BCUT2D eigenvalue weighted by molar-refractivity contribution is 7.91. The number of carbonyl (C=O) groups excluding carboxylic acids is 1. The number of hydrogen-bond donors (Lipinski definition) is 0. The fraction of sp³-hybridized carbons (Fsp3) is 0.444. The van der Waals surface area contributed by atoms with E-state index in [1.54, 1.807) is 14.2 Å². The van der Waals surface area contributed by atoms with Gasteiger partial charge in [0.05, 0.1) is 37.0 Å². The minimum Gasteiger partial charge on any atom is -0.493 e. The number of carbonyl (C=O) groups is 1. The topological polar surface area (TPSA) is 91.8 Å². The van der Waals surface area contributed by atoms with E-state index in [1.165, 1.54) is 11.3 Å². The van der Waals surface area contributed by atoms with Crippen molar-refractivity contribution in [1.29, 1.82) is 0 Å². The van der Waals surface area contributed by atoms with Gasteiger partial charge in [-0.1, -0.05) is 6.07 Å². The van der Waals surface area contributed by atoms with Crippen LogP contribution in [-0.2, 0) is 26.0 Å². The number of aromatic nitrogens is 1. The Hall–Kier alpha value is -2.13. The van der Waals surface area contributed by atoms with Crippen molar-refractivity contribution in [1.82, 2.24) is 4.98 Å². The van der Waals surface area contributed by atoms with Crippen LogP contribution in [0.5, 0.6) is 11.5 Å². The molecule has 0 spiro atoms. The van der Waals surface area contributed by atoms with E-state index in [1.807, 2.05) is 23.6 Å². The van der Waals surface area contributed by atoms with Gasteiger partial charge in [0.2, 0.25) is 0 Å². The first-order chi connectivity index (χ1) is 12.9. The summed E-state index contributed by atoms with van der Waals surface area (Å²) >= 11 is 1.42. The number of benzene rings is 1. The van der Waals surface area contributed by atoms with E-state index < -0.39 is 15.8 Å². The number of para-hydroxylation sites is 1. The average Bonchev–Trinajstić information content (AvgIpc) is 3.25. The van der Waals surface area contributed by atoms with Crippen LogP contribution in [0.3, 0.4) is 0 Å². The normalized spacial score (nSPS) is 18.2. The van der Waals surface area contributed by atoms with Crippen molar-refractivity contribution in [2.75, 3.05) is 25.7 Å². The Bertz CT molecular complexity index is 922. The molecule has 0 saturated carbocycles. The first kappa shape index (κ1) is 19.6. The zero-order chi connectivity index (χ0) is 19.4. The number of rotatable bonds is 7. The second-order valence-electron chi connectivity index (χ2n) is 6.32. The van der Waals surface area contributed by atoms with E-state index in [9.17, 15) is 13.2 Å². The second kappa shape index (κ2) is 8.26. The maximum atomic E-state index is 12.0. The van der Waals surface area contributed by atoms with Gasteiger partial charge in [-0.25, -0.2) is 13.4 Å². The van der Waals surface area contributed by atoms with E-state index in [0.29, 0.717) is 23.6 Å². The molecule has 2 heterocycles. The summed E-state index contributed by atoms with van der Waals surface area (Å²) in [7, 11) is 0.155. The van der Waals surface area contributed by atoms with Crippen LogP contribution in [0.25, 0.3) is 10.6 Å². The van der Waals surface area contributed by atoms with Gasteiger partial charge >= 0.3 is 5.97 Å². The van der Waals surface area contributed by atoms with Gasteiger partial charge in [0, 0.05) is 11.8 Å². The lowest BCUT2D eigenvalue weighted by molar-refractivity contribution is -0.146. The molecule has 0 unspecified atom stereocenters. The molecule has 0 radical (unpaired) electrons. The molecule has 1 saturated heterocycles. The van der Waals surface area contributed by atoms with Gasteiger partial charge in [-0.15, -0.1) is 11.3 Å². The van der Waals surface area contributed by atoms with Crippen molar-refractivity contribution in [3.63, 3.8) is 0 Å². The highest BCUT2D eigenvalue weighted by atomic mass is 32.2. The zero-order valence-corrected chi connectivity index (χ0v) is 16.8. The Morgan fingerprint density at radius 1 is 1.30 bits per heavy atom. The summed E-state index contributed by atoms with van der Waals surface area (Å²) in [5.74, 6) is 0.895. The minimum absolute atomic E-state index is 0.0566. The third kappa shape index (κ3) is 4.78. The fourth-order valence-electron chi connectivity index (χ4n) is 3.03. The lowest BCUT2D eigenvalue weighted by Crippen LogP contribution is -2.13. The van der Waals surface area contributed by atoms with Crippen LogP contribution in [0.1, 0.15) is 18.5 Å². The van der Waals surface area contributed by atoms with Crippen LogP contribution in [0, 0.1) is 5.92 Å². The molecule has 1 fully saturated rings. The van der Waals surface area contributed by atoms with E-state index >= 15 is 0 Å². The van der Waals surface area contributed by atoms with Gasteiger partial charge in [0.25, 0.3) is 0 Å². The van der Waals surface area contributed by atoms with Crippen molar-refractivity contribution in [3.8, 4) is 22.1 Å². The summed E-state index contributed by atoms with van der Waals surface area (Å²) in [4.78, 5) is 16.5. The van der Waals surface area contributed by atoms with Crippen LogP contribution in [0.2, 0.25) is 0 Å². The predicted molar refractivity (Wildman–Crippen MR) is 102 cm³/mol. The Morgan fingerprint density at radius 2 is 2.11 bits per heavy atom. The van der Waals surface area contributed by atoms with Crippen molar-refractivity contribution in [2.24, 2.45) is 5.92 Å².